The van der Waals surface area contributed by atoms with Gasteiger partial charge in [0.15, 0.2) is 0 Å². The van der Waals surface area contributed by atoms with Crippen LogP contribution in [0.2, 0.25) is 0 Å². The van der Waals surface area contributed by atoms with Crippen molar-refractivity contribution in [3.05, 3.63) is 89.5 Å². The maximum Gasteiger partial charge on any atom is 0.243 e. The average Bonchev–Trinajstić information content (AvgIpc) is 2.86. The van der Waals surface area contributed by atoms with E-state index in [0.717, 1.165) is 16.9 Å². The van der Waals surface area contributed by atoms with Crippen LogP contribution >= 0.6 is 0 Å². The zero-order chi connectivity index (χ0) is 24.6. The first kappa shape index (κ1) is 25.3. The summed E-state index contributed by atoms with van der Waals surface area (Å²) in [7, 11) is -0.779. The lowest BCUT2D eigenvalue weighted by Gasteiger charge is -2.22. The van der Waals surface area contributed by atoms with Gasteiger partial charge in [0.1, 0.15) is 11.5 Å². The first-order valence-electron chi connectivity index (χ1n) is 10.9. The Labute approximate surface area is 201 Å². The van der Waals surface area contributed by atoms with E-state index in [0.29, 0.717) is 17.7 Å². The Balaban J connectivity index is 1.76. The molecule has 0 saturated heterocycles. The van der Waals surface area contributed by atoms with Crippen molar-refractivity contribution in [2.75, 3.05) is 27.3 Å². The molecule has 8 heteroatoms. The maximum atomic E-state index is 13.5. The van der Waals surface area contributed by atoms with E-state index in [1.165, 1.54) is 17.5 Å². The lowest BCUT2D eigenvalue weighted by Crippen LogP contribution is -2.41. The molecule has 0 unspecified atom stereocenters. The Morgan fingerprint density at radius 3 is 2.24 bits per heavy atom. The Morgan fingerprint density at radius 1 is 0.912 bits per heavy atom. The summed E-state index contributed by atoms with van der Waals surface area (Å²) in [4.78, 5) is 12.9. The number of nitrogens with one attached hydrogen (secondary N) is 1. The van der Waals surface area contributed by atoms with Crippen molar-refractivity contribution in [3.8, 4) is 11.5 Å². The van der Waals surface area contributed by atoms with E-state index in [-0.39, 0.29) is 30.4 Å². The summed E-state index contributed by atoms with van der Waals surface area (Å²) in [5.74, 6) is 0.952. The third kappa shape index (κ3) is 6.59. The minimum absolute atomic E-state index is 0.127. The highest BCUT2D eigenvalue weighted by Gasteiger charge is 2.27. The van der Waals surface area contributed by atoms with Crippen molar-refractivity contribution in [2.24, 2.45) is 0 Å². The van der Waals surface area contributed by atoms with Gasteiger partial charge in [0, 0.05) is 13.1 Å². The molecule has 0 aliphatic heterocycles. The summed E-state index contributed by atoms with van der Waals surface area (Å²) in [6.07, 6.45) is 0.487. The second-order valence-electron chi connectivity index (χ2n) is 7.83. The number of aryl methyl sites for hydroxylation is 1. The van der Waals surface area contributed by atoms with E-state index in [9.17, 15) is 13.2 Å². The molecule has 0 aromatic heterocycles. The van der Waals surface area contributed by atoms with Crippen LogP contribution in [0.4, 0.5) is 0 Å². The molecule has 0 fully saturated rings. The highest BCUT2D eigenvalue weighted by atomic mass is 32.2. The quantitative estimate of drug-likeness (QED) is 0.452. The maximum absolute atomic E-state index is 13.5. The van der Waals surface area contributed by atoms with Gasteiger partial charge in [0.25, 0.3) is 0 Å². The first-order valence-corrected chi connectivity index (χ1v) is 12.4. The Kier molecular flexibility index (Phi) is 8.67. The second-order valence-corrected chi connectivity index (χ2v) is 9.77. The SMILES string of the molecule is COc1ccc(CNC(=O)CN(CCc2ccccc2)S(=O)(=O)c2ccc(OC)c(C)c2)cc1. The summed E-state index contributed by atoms with van der Waals surface area (Å²) in [6.45, 7) is 1.97. The number of ether oxygens (including phenoxy) is 2. The predicted molar refractivity (Wildman–Crippen MR) is 131 cm³/mol. The molecule has 3 rings (SSSR count). The summed E-state index contributed by atoms with van der Waals surface area (Å²) >= 11 is 0. The van der Waals surface area contributed by atoms with Crippen molar-refractivity contribution in [3.63, 3.8) is 0 Å². The van der Waals surface area contributed by atoms with Crippen molar-refractivity contribution < 1.29 is 22.7 Å². The number of hydrogen-bond acceptors (Lipinski definition) is 5. The van der Waals surface area contributed by atoms with E-state index in [1.54, 1.807) is 26.2 Å². The van der Waals surface area contributed by atoms with Crippen LogP contribution in [-0.4, -0.2) is 45.9 Å². The highest BCUT2D eigenvalue weighted by molar-refractivity contribution is 7.89. The van der Waals surface area contributed by atoms with E-state index < -0.39 is 10.0 Å². The number of benzene rings is 3. The number of sulfonamides is 1. The fourth-order valence-electron chi connectivity index (χ4n) is 3.50. The van der Waals surface area contributed by atoms with Gasteiger partial charge in [-0.3, -0.25) is 4.79 Å². The summed E-state index contributed by atoms with van der Waals surface area (Å²) < 4.78 is 38.6. The molecule has 0 radical (unpaired) electrons. The number of amides is 1. The van der Waals surface area contributed by atoms with Gasteiger partial charge in [0.05, 0.1) is 25.7 Å². The molecule has 0 aliphatic carbocycles. The highest BCUT2D eigenvalue weighted by Crippen LogP contribution is 2.24. The molecule has 34 heavy (non-hydrogen) atoms. The van der Waals surface area contributed by atoms with Gasteiger partial charge in [0.2, 0.25) is 15.9 Å². The number of nitrogens with zero attached hydrogens (tertiary/aromatic N) is 1. The lowest BCUT2D eigenvalue weighted by atomic mass is 10.1. The normalized spacial score (nSPS) is 11.3. The Morgan fingerprint density at radius 2 is 1.62 bits per heavy atom. The minimum atomic E-state index is -3.91. The average molecular weight is 483 g/mol. The second kappa shape index (κ2) is 11.7. The molecule has 0 spiro atoms. The van der Waals surface area contributed by atoms with Crippen LogP contribution in [0, 0.1) is 6.92 Å². The molecular formula is C26H30N2O5S. The molecule has 180 valence electrons. The van der Waals surface area contributed by atoms with Crippen molar-refractivity contribution in [2.45, 2.75) is 24.8 Å². The van der Waals surface area contributed by atoms with E-state index in [4.69, 9.17) is 9.47 Å². The smallest absolute Gasteiger partial charge is 0.243 e. The zero-order valence-electron chi connectivity index (χ0n) is 19.7. The van der Waals surface area contributed by atoms with Crippen molar-refractivity contribution in [1.29, 1.82) is 0 Å². The van der Waals surface area contributed by atoms with Gasteiger partial charge in [-0.1, -0.05) is 42.5 Å². The third-order valence-electron chi connectivity index (χ3n) is 5.47. The minimum Gasteiger partial charge on any atom is -0.497 e. The van der Waals surface area contributed by atoms with E-state index >= 15 is 0 Å². The number of hydrogen-bond donors (Lipinski definition) is 1. The first-order chi connectivity index (χ1) is 16.3. The van der Waals surface area contributed by atoms with Gasteiger partial charge >= 0.3 is 0 Å². The summed E-state index contributed by atoms with van der Waals surface area (Å²) in [5, 5.41) is 2.81. The molecule has 0 heterocycles. The molecule has 3 aromatic rings. The van der Waals surface area contributed by atoms with Crippen LogP contribution in [0.15, 0.2) is 77.7 Å². The number of methoxy groups -OCH3 is 2. The number of rotatable bonds is 11. The van der Waals surface area contributed by atoms with Crippen LogP contribution in [0.25, 0.3) is 0 Å². The van der Waals surface area contributed by atoms with Gasteiger partial charge in [-0.2, -0.15) is 4.31 Å². The van der Waals surface area contributed by atoms with E-state index in [1.807, 2.05) is 54.6 Å². The Hall–Kier alpha value is -3.36. The van der Waals surface area contributed by atoms with Gasteiger partial charge in [-0.05, 0) is 60.4 Å². The predicted octanol–water partition coefficient (Wildman–Crippen LogP) is 3.56. The van der Waals surface area contributed by atoms with Crippen LogP contribution in [-0.2, 0) is 27.8 Å². The molecular weight excluding hydrogens is 452 g/mol. The molecule has 0 saturated carbocycles. The molecule has 0 aliphatic rings. The van der Waals surface area contributed by atoms with Gasteiger partial charge in [-0.15, -0.1) is 0 Å². The van der Waals surface area contributed by atoms with E-state index in [2.05, 4.69) is 5.32 Å². The van der Waals surface area contributed by atoms with Gasteiger partial charge in [-0.25, -0.2) is 8.42 Å². The summed E-state index contributed by atoms with van der Waals surface area (Å²) in [5.41, 5.74) is 2.58. The molecule has 3 aromatic carbocycles. The van der Waals surface area contributed by atoms with Crippen molar-refractivity contribution in [1.82, 2.24) is 9.62 Å². The Bertz CT molecular complexity index is 1200. The standard InChI is InChI=1S/C26H30N2O5S/c1-20-17-24(13-14-25(20)33-3)34(30,31)28(16-15-21-7-5-4-6-8-21)19-26(29)27-18-22-9-11-23(32-2)12-10-22/h4-14,17H,15-16,18-19H2,1-3H3,(H,27,29). The van der Waals surface area contributed by atoms with Gasteiger partial charge < -0.3 is 14.8 Å². The zero-order valence-corrected chi connectivity index (χ0v) is 20.5. The molecule has 1 amide bonds. The lowest BCUT2D eigenvalue weighted by molar-refractivity contribution is -0.121. The van der Waals surface area contributed by atoms with Crippen LogP contribution in [0.3, 0.4) is 0 Å². The summed E-state index contributed by atoms with van der Waals surface area (Å²) in [6, 6.07) is 21.6. The topological polar surface area (TPSA) is 84.9 Å². The molecule has 7 nitrogen and oxygen atoms in total. The molecule has 0 atom stereocenters. The fourth-order valence-corrected chi connectivity index (χ4v) is 4.99. The van der Waals surface area contributed by atoms with Crippen LogP contribution < -0.4 is 14.8 Å². The fraction of sp³-hybridized carbons (Fsp3) is 0.269. The van der Waals surface area contributed by atoms with Crippen molar-refractivity contribution >= 4 is 15.9 Å². The van der Waals surface area contributed by atoms with Crippen LogP contribution in [0.5, 0.6) is 11.5 Å². The number of carbonyl (C=O) groups excluding carboxylic acids is 1. The molecule has 1 N–H and O–H groups in total. The molecule has 0 bridgehead atoms. The largest absolute Gasteiger partial charge is 0.497 e. The number of carbonyl (C=O) groups is 1. The monoisotopic (exact) mass is 482 g/mol. The van der Waals surface area contributed by atoms with Crippen LogP contribution in [0.1, 0.15) is 16.7 Å². The third-order valence-corrected chi connectivity index (χ3v) is 7.31.